The van der Waals surface area contributed by atoms with Gasteiger partial charge in [-0.3, -0.25) is 4.68 Å². The van der Waals surface area contributed by atoms with Gasteiger partial charge >= 0.3 is 0 Å². The lowest BCUT2D eigenvalue weighted by atomic mass is 10.3. The van der Waals surface area contributed by atoms with Crippen molar-refractivity contribution in [3.63, 3.8) is 0 Å². The lowest BCUT2D eigenvalue weighted by Gasteiger charge is -2.15. The van der Waals surface area contributed by atoms with E-state index in [0.717, 1.165) is 17.8 Å². The third kappa shape index (κ3) is 2.31. The molecule has 0 saturated carbocycles. The Morgan fingerprint density at radius 3 is 2.95 bits per heavy atom. The summed E-state index contributed by atoms with van der Waals surface area (Å²) in [6, 6.07) is 3.55. The molecule has 0 aromatic carbocycles. The van der Waals surface area contributed by atoms with Gasteiger partial charge in [0.1, 0.15) is 0 Å². The third-order valence-corrected chi connectivity index (χ3v) is 7.05. The van der Waals surface area contributed by atoms with Gasteiger partial charge in [-0.15, -0.1) is 11.3 Å². The zero-order valence-corrected chi connectivity index (χ0v) is 12.3. The molecule has 0 spiro atoms. The Kier molecular flexibility index (Phi) is 3.38. The van der Waals surface area contributed by atoms with E-state index in [-0.39, 0.29) is 10.3 Å². The van der Waals surface area contributed by atoms with E-state index < -0.39 is 10.0 Å². The summed E-state index contributed by atoms with van der Waals surface area (Å²) < 4.78 is 28.4. The average Bonchev–Trinajstić information content (AvgIpc) is 3.10. The number of hydrogen-bond acceptors (Lipinski definition) is 4. The molecule has 5 nitrogen and oxygen atoms in total. The van der Waals surface area contributed by atoms with Crippen molar-refractivity contribution >= 4 is 33.0 Å². The largest absolute Gasteiger partial charge is 0.268 e. The minimum absolute atomic E-state index is 0.100. The minimum atomic E-state index is -3.47. The Morgan fingerprint density at radius 1 is 1.47 bits per heavy atom. The van der Waals surface area contributed by atoms with Crippen LogP contribution in [0.5, 0.6) is 0 Å². The molecular weight excluding hydrogens is 306 g/mol. The number of nitrogens with zero attached hydrogens (tertiary/aromatic N) is 3. The minimum Gasteiger partial charge on any atom is -0.268 e. The molecule has 1 fully saturated rings. The summed E-state index contributed by atoms with van der Waals surface area (Å²) in [6.45, 7) is 0.944. The van der Waals surface area contributed by atoms with Gasteiger partial charge in [-0.25, -0.2) is 8.42 Å². The SMILES string of the molecule is O=S(=O)(c1sccc1Cl)N1CCC(n2cccn2)C1. The van der Waals surface area contributed by atoms with Gasteiger partial charge in [0.15, 0.2) is 4.21 Å². The summed E-state index contributed by atoms with van der Waals surface area (Å²) in [4.78, 5) is 0. The number of hydrogen-bond donors (Lipinski definition) is 0. The van der Waals surface area contributed by atoms with E-state index in [4.69, 9.17) is 11.6 Å². The standard InChI is InChI=1S/C11H12ClN3O2S2/c12-10-3-7-18-11(10)19(16,17)14-6-2-9(8-14)15-5-1-4-13-15/h1,3-5,7,9H,2,6,8H2. The zero-order valence-electron chi connectivity index (χ0n) is 9.94. The van der Waals surface area contributed by atoms with Crippen LogP contribution < -0.4 is 0 Å². The average molecular weight is 318 g/mol. The molecule has 1 aliphatic rings. The highest BCUT2D eigenvalue weighted by Gasteiger charge is 2.35. The van der Waals surface area contributed by atoms with Gasteiger partial charge in [0.2, 0.25) is 0 Å². The molecule has 2 aromatic rings. The fourth-order valence-corrected chi connectivity index (χ4v) is 5.53. The van der Waals surface area contributed by atoms with E-state index in [2.05, 4.69) is 5.10 Å². The van der Waals surface area contributed by atoms with E-state index in [0.29, 0.717) is 18.1 Å². The van der Waals surface area contributed by atoms with Gasteiger partial charge < -0.3 is 0 Å². The van der Waals surface area contributed by atoms with Crippen molar-refractivity contribution in [2.75, 3.05) is 13.1 Å². The number of rotatable bonds is 3. The summed E-state index contributed by atoms with van der Waals surface area (Å²) in [5.74, 6) is 0. The first-order valence-corrected chi connectivity index (χ1v) is 8.51. The van der Waals surface area contributed by atoms with Crippen molar-refractivity contribution < 1.29 is 8.42 Å². The summed E-state index contributed by atoms with van der Waals surface area (Å²) >= 11 is 7.08. The fraction of sp³-hybridized carbons (Fsp3) is 0.364. The van der Waals surface area contributed by atoms with Crippen LogP contribution in [0.25, 0.3) is 0 Å². The Bertz CT molecular complexity index is 666. The monoisotopic (exact) mass is 317 g/mol. The summed E-state index contributed by atoms with van der Waals surface area (Å²) in [5.41, 5.74) is 0. The molecule has 3 heterocycles. The smallest absolute Gasteiger partial charge is 0.254 e. The topological polar surface area (TPSA) is 55.2 Å². The molecule has 102 valence electrons. The maximum Gasteiger partial charge on any atom is 0.254 e. The summed E-state index contributed by atoms with van der Waals surface area (Å²) in [5, 5.41) is 6.16. The molecular formula is C11H12ClN3O2S2. The molecule has 1 unspecified atom stereocenters. The van der Waals surface area contributed by atoms with Crippen molar-refractivity contribution in [3.8, 4) is 0 Å². The van der Waals surface area contributed by atoms with Gasteiger partial charge in [-0.1, -0.05) is 11.6 Å². The molecule has 1 atom stereocenters. The first-order valence-electron chi connectivity index (χ1n) is 5.81. The van der Waals surface area contributed by atoms with E-state index in [1.54, 1.807) is 17.6 Å². The van der Waals surface area contributed by atoms with Crippen molar-refractivity contribution in [1.29, 1.82) is 0 Å². The molecule has 0 bridgehead atoms. The van der Waals surface area contributed by atoms with Crippen LogP contribution in [0.2, 0.25) is 5.02 Å². The lowest BCUT2D eigenvalue weighted by molar-refractivity contribution is 0.435. The van der Waals surface area contributed by atoms with Gasteiger partial charge in [-0.2, -0.15) is 9.40 Å². The second-order valence-electron chi connectivity index (χ2n) is 4.35. The van der Waals surface area contributed by atoms with Crippen molar-refractivity contribution in [2.24, 2.45) is 0 Å². The Hall–Kier alpha value is -0.890. The van der Waals surface area contributed by atoms with Crippen LogP contribution in [-0.2, 0) is 10.0 Å². The van der Waals surface area contributed by atoms with Crippen LogP contribution in [0.4, 0.5) is 0 Å². The molecule has 1 saturated heterocycles. The summed E-state index contributed by atoms with van der Waals surface area (Å²) in [6.07, 6.45) is 4.33. The first-order chi connectivity index (χ1) is 9.09. The van der Waals surface area contributed by atoms with Crippen LogP contribution in [0.15, 0.2) is 34.1 Å². The van der Waals surface area contributed by atoms with E-state index in [9.17, 15) is 8.42 Å². The van der Waals surface area contributed by atoms with E-state index in [1.807, 2.05) is 16.9 Å². The first kappa shape index (κ1) is 13.1. The van der Waals surface area contributed by atoms with Crippen LogP contribution in [0.1, 0.15) is 12.5 Å². The number of halogens is 1. The molecule has 0 N–H and O–H groups in total. The highest BCUT2D eigenvalue weighted by molar-refractivity contribution is 7.91. The quantitative estimate of drug-likeness (QED) is 0.872. The highest BCUT2D eigenvalue weighted by atomic mass is 35.5. The van der Waals surface area contributed by atoms with Crippen molar-refractivity contribution in [3.05, 3.63) is 34.9 Å². The maximum atomic E-state index is 12.5. The predicted octanol–water partition coefficient (Wildman–Crippen LogP) is 2.23. The zero-order chi connectivity index (χ0) is 13.5. The summed E-state index contributed by atoms with van der Waals surface area (Å²) in [7, 11) is -3.47. The van der Waals surface area contributed by atoms with Gasteiger partial charge in [0.25, 0.3) is 10.0 Å². The van der Waals surface area contributed by atoms with Crippen molar-refractivity contribution in [2.45, 2.75) is 16.7 Å². The molecule has 19 heavy (non-hydrogen) atoms. The molecule has 0 aliphatic carbocycles. The lowest BCUT2D eigenvalue weighted by Crippen LogP contribution is -2.29. The number of thiophene rings is 1. The van der Waals surface area contributed by atoms with Crippen LogP contribution in [0, 0.1) is 0 Å². The second kappa shape index (κ2) is 4.90. The normalized spacial score (nSPS) is 21.0. The number of aromatic nitrogens is 2. The molecule has 8 heteroatoms. The Labute approximate surface area is 120 Å². The highest BCUT2D eigenvalue weighted by Crippen LogP contribution is 2.33. The fourth-order valence-electron chi connectivity index (χ4n) is 2.22. The van der Waals surface area contributed by atoms with Crippen LogP contribution in [0.3, 0.4) is 0 Å². The second-order valence-corrected chi connectivity index (χ2v) is 7.80. The molecule has 0 amide bonds. The van der Waals surface area contributed by atoms with Gasteiger partial charge in [0.05, 0.1) is 11.1 Å². The third-order valence-electron chi connectivity index (χ3n) is 3.18. The van der Waals surface area contributed by atoms with Crippen LogP contribution >= 0.6 is 22.9 Å². The Balaban J connectivity index is 1.83. The van der Waals surface area contributed by atoms with Crippen LogP contribution in [-0.4, -0.2) is 35.6 Å². The van der Waals surface area contributed by atoms with E-state index in [1.165, 1.54) is 4.31 Å². The molecule has 0 radical (unpaired) electrons. The predicted molar refractivity (Wildman–Crippen MR) is 74.0 cm³/mol. The van der Waals surface area contributed by atoms with Gasteiger partial charge in [0, 0.05) is 25.5 Å². The maximum absolute atomic E-state index is 12.5. The van der Waals surface area contributed by atoms with Gasteiger partial charge in [-0.05, 0) is 23.9 Å². The van der Waals surface area contributed by atoms with Crippen molar-refractivity contribution in [1.82, 2.24) is 14.1 Å². The molecule has 1 aliphatic heterocycles. The Morgan fingerprint density at radius 2 is 2.32 bits per heavy atom. The number of sulfonamides is 1. The molecule has 3 rings (SSSR count). The van der Waals surface area contributed by atoms with E-state index >= 15 is 0 Å². The molecule has 2 aromatic heterocycles.